The molecule has 0 saturated carbocycles. The minimum absolute atomic E-state index is 0.119. The van der Waals surface area contributed by atoms with Crippen LogP contribution in [0.15, 0.2) is 50.1 Å². The Morgan fingerprint density at radius 3 is 1.61 bits per heavy atom. The predicted molar refractivity (Wildman–Crippen MR) is 83.0 cm³/mol. The molecule has 0 spiro atoms. The maximum absolute atomic E-state index is 12.5. The van der Waals surface area contributed by atoms with Gasteiger partial charge in [-0.25, -0.2) is 0 Å². The summed E-state index contributed by atoms with van der Waals surface area (Å²) >= 11 is 6.94. The van der Waals surface area contributed by atoms with Gasteiger partial charge in [0.2, 0.25) is 0 Å². The van der Waals surface area contributed by atoms with Crippen molar-refractivity contribution in [3.63, 3.8) is 0 Å². The molecule has 0 atom stereocenters. The summed E-state index contributed by atoms with van der Waals surface area (Å²) in [5, 5.41) is 6.00. The van der Waals surface area contributed by atoms with Gasteiger partial charge in [-0.3, -0.25) is 4.79 Å². The Balaban J connectivity index is 2.51. The molecule has 0 fully saturated rings. The van der Waals surface area contributed by atoms with Gasteiger partial charge >= 0.3 is 0 Å². The molecule has 3 heteroatoms. The Morgan fingerprint density at radius 2 is 1.17 bits per heavy atom. The molecule has 4 rings (SSSR count). The van der Waals surface area contributed by atoms with Crippen LogP contribution in [0.1, 0.15) is 0 Å². The van der Waals surface area contributed by atoms with Gasteiger partial charge in [-0.2, -0.15) is 0 Å². The summed E-state index contributed by atoms with van der Waals surface area (Å²) in [4.78, 5) is 12.5. The van der Waals surface area contributed by atoms with E-state index in [1.54, 1.807) is 0 Å². The zero-order chi connectivity index (χ0) is 12.4. The highest BCUT2D eigenvalue weighted by Crippen LogP contribution is 2.36. The zero-order valence-electron chi connectivity index (χ0n) is 9.13. The van der Waals surface area contributed by atoms with Gasteiger partial charge in [-0.05, 0) is 35.0 Å². The highest BCUT2D eigenvalue weighted by Gasteiger charge is 2.15. The summed E-state index contributed by atoms with van der Waals surface area (Å²) in [5.74, 6) is 0. The summed E-state index contributed by atoms with van der Waals surface area (Å²) in [7, 11) is 0. The topological polar surface area (TPSA) is 17.1 Å². The van der Waals surface area contributed by atoms with Crippen LogP contribution in [-0.4, -0.2) is 0 Å². The average Bonchev–Trinajstić information content (AvgIpc) is 2.61. The van der Waals surface area contributed by atoms with E-state index in [0.717, 1.165) is 41.3 Å². The molecule has 0 N–H and O–H groups in total. The maximum Gasteiger partial charge on any atom is 0.194 e. The van der Waals surface area contributed by atoms with Gasteiger partial charge in [0.15, 0.2) is 5.43 Å². The molecule has 0 saturated heterocycles. The van der Waals surface area contributed by atoms with Crippen LogP contribution < -0.4 is 5.43 Å². The van der Waals surface area contributed by atoms with Crippen LogP contribution in [0.5, 0.6) is 0 Å². The summed E-state index contributed by atoms with van der Waals surface area (Å²) in [5.41, 5.74) is 0.119. The molecule has 0 aliphatic heterocycles. The molecule has 0 heterocycles. The van der Waals surface area contributed by atoms with E-state index in [-0.39, 0.29) is 5.43 Å². The van der Waals surface area contributed by atoms with E-state index < -0.39 is 0 Å². The van der Waals surface area contributed by atoms with E-state index >= 15 is 0 Å². The molecule has 0 aliphatic rings. The third-order valence-corrected chi connectivity index (χ3v) is 4.36. The van der Waals surface area contributed by atoms with Crippen LogP contribution in [0.25, 0.3) is 32.3 Å². The van der Waals surface area contributed by atoms with Gasteiger partial charge < -0.3 is 0 Å². The average molecular weight is 362 g/mol. The first kappa shape index (κ1) is 10.7. The number of hydrogen-bond acceptors (Lipinski definition) is 1. The van der Waals surface area contributed by atoms with Crippen molar-refractivity contribution in [1.82, 2.24) is 0 Å². The van der Waals surface area contributed by atoms with E-state index in [0.29, 0.717) is 0 Å². The lowest BCUT2D eigenvalue weighted by Crippen LogP contribution is -1.93. The van der Waals surface area contributed by atoms with Crippen LogP contribution >= 0.6 is 31.9 Å². The van der Waals surface area contributed by atoms with E-state index in [4.69, 9.17) is 0 Å². The van der Waals surface area contributed by atoms with Crippen LogP contribution in [0, 0.1) is 0 Å². The van der Waals surface area contributed by atoms with Crippen molar-refractivity contribution in [3.8, 4) is 0 Å². The Morgan fingerprint density at radius 1 is 0.722 bits per heavy atom. The predicted octanol–water partition coefficient (Wildman–Crippen LogP) is 4.91. The van der Waals surface area contributed by atoms with Crippen molar-refractivity contribution < 1.29 is 0 Å². The SMILES string of the molecule is O=c1c2cc(Br)cc3ccc4cc(Br)cc1c4c32. The van der Waals surface area contributed by atoms with Gasteiger partial charge in [0, 0.05) is 30.5 Å². The lowest BCUT2D eigenvalue weighted by Gasteiger charge is -2.03. The van der Waals surface area contributed by atoms with Crippen molar-refractivity contribution in [1.29, 1.82) is 0 Å². The maximum atomic E-state index is 12.5. The third kappa shape index (κ3) is 1.24. The van der Waals surface area contributed by atoms with Crippen molar-refractivity contribution in [3.05, 3.63) is 55.6 Å². The molecule has 4 aromatic rings. The van der Waals surface area contributed by atoms with Crippen LogP contribution in [0.3, 0.4) is 0 Å². The molecule has 0 aliphatic carbocycles. The molecule has 0 amide bonds. The molecule has 18 heavy (non-hydrogen) atoms. The summed E-state index contributed by atoms with van der Waals surface area (Å²) in [6, 6.07) is 12.1. The number of hydrogen-bond donors (Lipinski definition) is 0. The smallest absolute Gasteiger partial charge is 0.194 e. The largest absolute Gasteiger partial charge is 0.289 e. The third-order valence-electron chi connectivity index (χ3n) is 3.45. The molecule has 1 nitrogen and oxygen atoms in total. The molecular weight excluding hydrogens is 356 g/mol. The minimum atomic E-state index is 0.119. The highest BCUT2D eigenvalue weighted by molar-refractivity contribution is 9.10. The second kappa shape index (κ2) is 3.43. The second-order valence-electron chi connectivity index (χ2n) is 4.50. The van der Waals surface area contributed by atoms with E-state index in [1.807, 2.05) is 12.1 Å². The monoisotopic (exact) mass is 360 g/mol. The summed E-state index contributed by atoms with van der Waals surface area (Å²) in [6.45, 7) is 0. The normalized spacial score (nSPS) is 12.1. The zero-order valence-corrected chi connectivity index (χ0v) is 12.3. The van der Waals surface area contributed by atoms with Crippen LogP contribution in [-0.2, 0) is 0 Å². The van der Waals surface area contributed by atoms with Gasteiger partial charge in [0.25, 0.3) is 0 Å². The molecule has 0 unspecified atom stereocenters. The molecule has 4 aromatic carbocycles. The van der Waals surface area contributed by atoms with Crippen LogP contribution in [0.4, 0.5) is 0 Å². The minimum Gasteiger partial charge on any atom is -0.289 e. The lowest BCUT2D eigenvalue weighted by atomic mass is 10.0. The van der Waals surface area contributed by atoms with Gasteiger partial charge in [0.1, 0.15) is 0 Å². The van der Waals surface area contributed by atoms with Gasteiger partial charge in [-0.1, -0.05) is 44.0 Å². The fraction of sp³-hybridized carbons (Fsp3) is 0. The van der Waals surface area contributed by atoms with Crippen molar-refractivity contribution in [2.45, 2.75) is 0 Å². The quantitative estimate of drug-likeness (QED) is 0.407. The number of halogens is 2. The standard InChI is InChI=1S/C15H6Br2O/c16-9-3-7-1-2-8-4-10(17)6-12-14(8)13(7)11(5-9)15(12)18/h1-6H. The first-order valence-corrected chi connectivity index (χ1v) is 7.14. The highest BCUT2D eigenvalue weighted by atomic mass is 79.9. The Hall–Kier alpha value is -1.19. The van der Waals surface area contributed by atoms with Crippen molar-refractivity contribution in [2.75, 3.05) is 0 Å². The van der Waals surface area contributed by atoms with Gasteiger partial charge in [-0.15, -0.1) is 0 Å². The Bertz CT molecular complexity index is 883. The molecular formula is C15H6Br2O. The number of benzene rings is 3. The summed E-state index contributed by atoms with van der Waals surface area (Å²) in [6.07, 6.45) is 0. The summed E-state index contributed by atoms with van der Waals surface area (Å²) < 4.78 is 1.90. The fourth-order valence-electron chi connectivity index (χ4n) is 2.76. The Labute approximate surface area is 119 Å². The Kier molecular flexibility index (Phi) is 2.04. The van der Waals surface area contributed by atoms with Crippen molar-refractivity contribution >= 4 is 64.2 Å². The molecule has 86 valence electrons. The molecule has 0 radical (unpaired) electrons. The number of rotatable bonds is 0. The molecule has 0 bridgehead atoms. The first-order valence-electron chi connectivity index (χ1n) is 5.55. The van der Waals surface area contributed by atoms with Crippen LogP contribution in [0.2, 0.25) is 0 Å². The first-order chi connectivity index (χ1) is 8.65. The van der Waals surface area contributed by atoms with Crippen molar-refractivity contribution in [2.24, 2.45) is 0 Å². The second-order valence-corrected chi connectivity index (χ2v) is 6.33. The van der Waals surface area contributed by atoms with E-state index in [2.05, 4.69) is 56.1 Å². The molecule has 0 aromatic heterocycles. The van der Waals surface area contributed by atoms with Gasteiger partial charge in [0.05, 0.1) is 0 Å². The van der Waals surface area contributed by atoms with E-state index in [9.17, 15) is 4.79 Å². The lowest BCUT2D eigenvalue weighted by molar-refractivity contribution is 1.76. The fourth-order valence-corrected chi connectivity index (χ4v) is 3.71. The van der Waals surface area contributed by atoms with E-state index in [1.165, 1.54) is 0 Å².